The van der Waals surface area contributed by atoms with Gasteiger partial charge in [0.05, 0.1) is 10.6 Å². The molecular formula is C14H11ClFNOS. The number of benzene rings is 2. The molecule has 5 heteroatoms. The number of carbonyl (C=O) groups is 1. The Kier molecular flexibility index (Phi) is 4.12. The van der Waals surface area contributed by atoms with Crippen LogP contribution in [0.25, 0.3) is 0 Å². The summed E-state index contributed by atoms with van der Waals surface area (Å²) < 4.78 is 13.4. The summed E-state index contributed by atoms with van der Waals surface area (Å²) >= 11 is 10.1. The van der Waals surface area contributed by atoms with Crippen molar-refractivity contribution in [3.8, 4) is 0 Å². The molecule has 0 spiro atoms. The molecule has 1 N–H and O–H groups in total. The third-order valence-electron chi connectivity index (χ3n) is 2.62. The summed E-state index contributed by atoms with van der Waals surface area (Å²) in [5.41, 5.74) is 1.21. The van der Waals surface area contributed by atoms with Gasteiger partial charge in [-0.05, 0) is 42.8 Å². The van der Waals surface area contributed by atoms with E-state index in [9.17, 15) is 9.18 Å². The number of hydrogen-bond donors (Lipinski definition) is 2. The first-order chi connectivity index (χ1) is 8.97. The van der Waals surface area contributed by atoms with Crippen LogP contribution < -0.4 is 5.32 Å². The van der Waals surface area contributed by atoms with E-state index in [4.69, 9.17) is 11.6 Å². The van der Waals surface area contributed by atoms with Gasteiger partial charge in [-0.3, -0.25) is 4.79 Å². The average Bonchev–Trinajstić information content (AvgIpc) is 2.36. The Bertz CT molecular complexity index is 645. The van der Waals surface area contributed by atoms with Gasteiger partial charge in [0.15, 0.2) is 0 Å². The fourth-order valence-electron chi connectivity index (χ4n) is 1.56. The molecule has 0 saturated heterocycles. The van der Waals surface area contributed by atoms with Crippen LogP contribution in [0, 0.1) is 12.7 Å². The van der Waals surface area contributed by atoms with Gasteiger partial charge in [0.25, 0.3) is 5.91 Å². The van der Waals surface area contributed by atoms with Crippen molar-refractivity contribution >= 4 is 35.8 Å². The van der Waals surface area contributed by atoms with E-state index >= 15 is 0 Å². The summed E-state index contributed by atoms with van der Waals surface area (Å²) in [6, 6.07) is 9.34. The largest absolute Gasteiger partial charge is 0.322 e. The van der Waals surface area contributed by atoms with Gasteiger partial charge in [-0.15, -0.1) is 12.6 Å². The lowest BCUT2D eigenvalue weighted by Gasteiger charge is -2.08. The molecule has 0 atom stereocenters. The lowest BCUT2D eigenvalue weighted by atomic mass is 10.2. The van der Waals surface area contributed by atoms with Gasteiger partial charge in [0, 0.05) is 10.6 Å². The fourth-order valence-corrected chi connectivity index (χ4v) is 1.96. The predicted molar refractivity (Wildman–Crippen MR) is 77.8 cm³/mol. The molecule has 0 aliphatic heterocycles. The number of anilines is 1. The van der Waals surface area contributed by atoms with Crippen molar-refractivity contribution < 1.29 is 9.18 Å². The normalized spacial score (nSPS) is 10.3. The van der Waals surface area contributed by atoms with E-state index in [1.54, 1.807) is 37.3 Å². The zero-order chi connectivity index (χ0) is 14.0. The molecule has 0 fully saturated rings. The summed E-state index contributed by atoms with van der Waals surface area (Å²) in [7, 11) is 0. The third kappa shape index (κ3) is 3.28. The van der Waals surface area contributed by atoms with E-state index in [-0.39, 0.29) is 5.82 Å². The van der Waals surface area contributed by atoms with E-state index in [2.05, 4.69) is 17.9 Å². The number of rotatable bonds is 2. The minimum absolute atomic E-state index is 0.301. The second-order valence-corrected chi connectivity index (χ2v) is 5.01. The Balaban J connectivity index is 2.25. The number of carbonyl (C=O) groups excluding carboxylic acids is 1. The van der Waals surface area contributed by atoms with Gasteiger partial charge in [-0.1, -0.05) is 17.7 Å². The molecule has 0 radical (unpaired) electrons. The molecule has 1 amide bonds. The van der Waals surface area contributed by atoms with Crippen molar-refractivity contribution in [2.24, 2.45) is 0 Å². The summed E-state index contributed by atoms with van der Waals surface area (Å²) in [6.45, 7) is 1.65. The molecule has 0 aliphatic rings. The zero-order valence-electron chi connectivity index (χ0n) is 10.1. The highest BCUT2D eigenvalue weighted by Crippen LogP contribution is 2.21. The second-order valence-electron chi connectivity index (χ2n) is 4.08. The number of aryl methyl sites for hydroxylation is 1. The van der Waals surface area contributed by atoms with E-state index < -0.39 is 5.91 Å². The highest BCUT2D eigenvalue weighted by molar-refractivity contribution is 7.80. The van der Waals surface area contributed by atoms with Crippen LogP contribution >= 0.6 is 24.2 Å². The maximum absolute atomic E-state index is 13.4. The quantitative estimate of drug-likeness (QED) is 0.793. The Hall–Kier alpha value is -1.52. The summed E-state index contributed by atoms with van der Waals surface area (Å²) in [5.74, 6) is -0.768. The van der Waals surface area contributed by atoms with Crippen LogP contribution in [0.3, 0.4) is 0 Å². The Morgan fingerprint density at radius 2 is 2.00 bits per heavy atom. The molecule has 2 rings (SSSR count). The van der Waals surface area contributed by atoms with Gasteiger partial charge in [-0.25, -0.2) is 4.39 Å². The maximum Gasteiger partial charge on any atom is 0.257 e. The van der Waals surface area contributed by atoms with Crippen molar-refractivity contribution in [2.45, 2.75) is 11.8 Å². The highest BCUT2D eigenvalue weighted by atomic mass is 35.5. The van der Waals surface area contributed by atoms with E-state index in [1.807, 2.05) is 0 Å². The van der Waals surface area contributed by atoms with Crippen LogP contribution in [-0.4, -0.2) is 5.91 Å². The lowest BCUT2D eigenvalue weighted by molar-refractivity contribution is 0.102. The number of hydrogen-bond acceptors (Lipinski definition) is 2. The summed E-state index contributed by atoms with van der Waals surface area (Å²) in [5, 5.41) is 2.92. The Morgan fingerprint density at radius 3 is 2.68 bits per heavy atom. The monoisotopic (exact) mass is 295 g/mol. The molecule has 2 aromatic rings. The molecule has 2 nitrogen and oxygen atoms in total. The topological polar surface area (TPSA) is 29.1 Å². The molecule has 0 unspecified atom stereocenters. The molecule has 0 saturated carbocycles. The lowest BCUT2D eigenvalue weighted by Crippen LogP contribution is -2.12. The van der Waals surface area contributed by atoms with Crippen LogP contribution in [-0.2, 0) is 0 Å². The molecule has 2 aromatic carbocycles. The number of nitrogens with one attached hydrogen (secondary N) is 1. The van der Waals surface area contributed by atoms with Crippen LogP contribution in [0.4, 0.5) is 10.1 Å². The average molecular weight is 296 g/mol. The van der Waals surface area contributed by atoms with Crippen LogP contribution in [0.2, 0.25) is 5.02 Å². The fraction of sp³-hybridized carbons (Fsp3) is 0.0714. The van der Waals surface area contributed by atoms with Crippen LogP contribution in [0.1, 0.15) is 15.9 Å². The van der Waals surface area contributed by atoms with E-state index in [0.717, 1.165) is 0 Å². The highest BCUT2D eigenvalue weighted by Gasteiger charge is 2.11. The first-order valence-electron chi connectivity index (χ1n) is 5.53. The minimum Gasteiger partial charge on any atom is -0.322 e. The minimum atomic E-state index is -0.399. The van der Waals surface area contributed by atoms with Crippen molar-refractivity contribution in [2.75, 3.05) is 5.32 Å². The van der Waals surface area contributed by atoms with Crippen LogP contribution in [0.5, 0.6) is 0 Å². The van der Waals surface area contributed by atoms with Gasteiger partial charge in [0.1, 0.15) is 5.82 Å². The molecular weight excluding hydrogens is 285 g/mol. The Labute approximate surface area is 121 Å². The molecule has 19 heavy (non-hydrogen) atoms. The van der Waals surface area contributed by atoms with Gasteiger partial charge in [-0.2, -0.15) is 0 Å². The molecule has 0 aliphatic carbocycles. The van der Waals surface area contributed by atoms with Gasteiger partial charge < -0.3 is 5.32 Å². The van der Waals surface area contributed by atoms with E-state index in [0.29, 0.717) is 26.7 Å². The molecule has 0 aromatic heterocycles. The third-order valence-corrected chi connectivity index (χ3v) is 3.23. The summed E-state index contributed by atoms with van der Waals surface area (Å²) in [6.07, 6.45) is 0. The number of thiol groups is 1. The number of halogens is 2. The Morgan fingerprint density at radius 1 is 1.26 bits per heavy atom. The molecule has 0 bridgehead atoms. The van der Waals surface area contributed by atoms with Gasteiger partial charge >= 0.3 is 0 Å². The SMILES string of the molecule is Cc1ccc(NC(=O)c2cc(S)ccc2Cl)cc1F. The summed E-state index contributed by atoms with van der Waals surface area (Å²) in [4.78, 5) is 12.7. The smallest absolute Gasteiger partial charge is 0.257 e. The first-order valence-corrected chi connectivity index (χ1v) is 6.36. The van der Waals surface area contributed by atoms with Gasteiger partial charge in [0.2, 0.25) is 0 Å². The van der Waals surface area contributed by atoms with Crippen molar-refractivity contribution in [3.63, 3.8) is 0 Å². The second kappa shape index (κ2) is 5.63. The maximum atomic E-state index is 13.4. The predicted octanol–water partition coefficient (Wildman–Crippen LogP) is 4.33. The van der Waals surface area contributed by atoms with Crippen molar-refractivity contribution in [1.29, 1.82) is 0 Å². The van der Waals surface area contributed by atoms with Crippen molar-refractivity contribution in [3.05, 3.63) is 58.4 Å². The van der Waals surface area contributed by atoms with E-state index in [1.165, 1.54) is 6.07 Å². The standard InChI is InChI=1S/C14H11ClFNOS/c1-8-2-3-9(6-13(8)16)17-14(18)11-7-10(19)4-5-12(11)15/h2-7,19H,1H3,(H,17,18). The zero-order valence-corrected chi connectivity index (χ0v) is 11.7. The molecule has 0 heterocycles. The number of amides is 1. The molecule has 98 valence electrons. The van der Waals surface area contributed by atoms with Crippen molar-refractivity contribution in [1.82, 2.24) is 0 Å². The van der Waals surface area contributed by atoms with Crippen LogP contribution in [0.15, 0.2) is 41.3 Å². The first kappa shape index (κ1) is 13.9.